The summed E-state index contributed by atoms with van der Waals surface area (Å²) in [4.78, 5) is 16.4. The molecule has 0 radical (unpaired) electrons. The van der Waals surface area contributed by atoms with Gasteiger partial charge in [-0.1, -0.05) is 36.4 Å². The van der Waals surface area contributed by atoms with Crippen molar-refractivity contribution < 1.29 is 4.79 Å². The topological polar surface area (TPSA) is 35.6 Å². The van der Waals surface area contributed by atoms with Crippen molar-refractivity contribution in [2.75, 3.05) is 30.4 Å². The first-order chi connectivity index (χ1) is 11.2. The zero-order chi connectivity index (χ0) is 16.1. The highest BCUT2D eigenvalue weighted by atomic mass is 16.2. The van der Waals surface area contributed by atoms with Gasteiger partial charge in [-0.15, -0.1) is 0 Å². The highest BCUT2D eigenvalue weighted by Gasteiger charge is 2.18. The number of benzene rings is 2. The lowest BCUT2D eigenvalue weighted by Crippen LogP contribution is -2.32. The third-order valence-electron chi connectivity index (χ3n) is 4.26. The molecule has 0 aromatic heterocycles. The molecule has 1 heterocycles. The average molecular weight is 309 g/mol. The fourth-order valence-corrected chi connectivity index (χ4v) is 2.92. The van der Waals surface area contributed by atoms with Gasteiger partial charge in [0.25, 0.3) is 0 Å². The van der Waals surface area contributed by atoms with E-state index in [0.29, 0.717) is 0 Å². The Morgan fingerprint density at radius 3 is 2.43 bits per heavy atom. The summed E-state index contributed by atoms with van der Waals surface area (Å²) in [5.74, 6) is 0. The van der Waals surface area contributed by atoms with E-state index >= 15 is 0 Å². The SMILES string of the molecule is CN(Cc1ccccc1NC(=O)N1CCCC1)c1ccccc1. The van der Waals surface area contributed by atoms with Crippen LogP contribution < -0.4 is 10.2 Å². The summed E-state index contributed by atoms with van der Waals surface area (Å²) in [5.41, 5.74) is 3.17. The van der Waals surface area contributed by atoms with Crippen LogP contribution in [0, 0.1) is 0 Å². The maximum Gasteiger partial charge on any atom is 0.321 e. The number of para-hydroxylation sites is 2. The van der Waals surface area contributed by atoms with Gasteiger partial charge in [0.2, 0.25) is 0 Å². The second-order valence-corrected chi connectivity index (χ2v) is 5.97. The molecule has 2 aromatic carbocycles. The first-order valence-electron chi connectivity index (χ1n) is 8.14. The zero-order valence-corrected chi connectivity index (χ0v) is 13.5. The van der Waals surface area contributed by atoms with Gasteiger partial charge in [-0.2, -0.15) is 0 Å². The summed E-state index contributed by atoms with van der Waals surface area (Å²) in [6.45, 7) is 2.47. The standard InChI is InChI=1S/C19H23N3O/c1-21(17-10-3-2-4-11-17)15-16-9-5-6-12-18(16)20-19(23)22-13-7-8-14-22/h2-6,9-12H,7-8,13-15H2,1H3,(H,20,23). The number of anilines is 2. The number of nitrogens with zero attached hydrogens (tertiary/aromatic N) is 2. The third kappa shape index (κ3) is 3.83. The third-order valence-corrected chi connectivity index (χ3v) is 4.26. The van der Waals surface area contributed by atoms with E-state index in [-0.39, 0.29) is 6.03 Å². The Balaban J connectivity index is 1.71. The van der Waals surface area contributed by atoms with Crippen LogP contribution in [0.25, 0.3) is 0 Å². The van der Waals surface area contributed by atoms with Crippen LogP contribution in [0.5, 0.6) is 0 Å². The van der Waals surface area contributed by atoms with E-state index in [1.54, 1.807) is 0 Å². The Morgan fingerprint density at radius 2 is 1.70 bits per heavy atom. The van der Waals surface area contributed by atoms with Gasteiger partial charge in [0.05, 0.1) is 0 Å². The molecule has 1 fully saturated rings. The number of carbonyl (C=O) groups is 1. The van der Waals surface area contributed by atoms with Crippen molar-refractivity contribution in [2.45, 2.75) is 19.4 Å². The molecule has 0 unspecified atom stereocenters. The molecule has 1 aliphatic rings. The van der Waals surface area contributed by atoms with Gasteiger partial charge in [-0.05, 0) is 36.6 Å². The molecule has 0 saturated carbocycles. The molecule has 0 bridgehead atoms. The monoisotopic (exact) mass is 309 g/mol. The minimum absolute atomic E-state index is 0.0114. The molecule has 0 atom stereocenters. The largest absolute Gasteiger partial charge is 0.370 e. The molecular formula is C19H23N3O. The molecule has 0 spiro atoms. The van der Waals surface area contributed by atoms with Crippen LogP contribution in [-0.2, 0) is 6.54 Å². The molecule has 1 saturated heterocycles. The quantitative estimate of drug-likeness (QED) is 0.928. The molecule has 4 nitrogen and oxygen atoms in total. The van der Waals surface area contributed by atoms with Crippen LogP contribution >= 0.6 is 0 Å². The normalized spacial score (nSPS) is 13.9. The van der Waals surface area contributed by atoms with Gasteiger partial charge >= 0.3 is 6.03 Å². The number of hydrogen-bond donors (Lipinski definition) is 1. The summed E-state index contributed by atoms with van der Waals surface area (Å²) in [5, 5.41) is 3.07. The molecule has 23 heavy (non-hydrogen) atoms. The minimum atomic E-state index is 0.0114. The van der Waals surface area contributed by atoms with E-state index in [9.17, 15) is 4.79 Å². The Labute approximate surface area is 137 Å². The molecule has 1 aliphatic heterocycles. The number of rotatable bonds is 4. The van der Waals surface area contributed by atoms with E-state index in [4.69, 9.17) is 0 Å². The van der Waals surface area contributed by atoms with E-state index in [1.165, 1.54) is 0 Å². The van der Waals surface area contributed by atoms with Crippen molar-refractivity contribution in [1.82, 2.24) is 4.90 Å². The highest BCUT2D eigenvalue weighted by Crippen LogP contribution is 2.21. The maximum absolute atomic E-state index is 12.3. The maximum atomic E-state index is 12.3. The summed E-state index contributed by atoms with van der Waals surface area (Å²) >= 11 is 0. The van der Waals surface area contributed by atoms with Gasteiger partial charge in [0, 0.05) is 38.1 Å². The van der Waals surface area contributed by atoms with E-state index in [2.05, 4.69) is 35.5 Å². The summed E-state index contributed by atoms with van der Waals surface area (Å²) in [6, 6.07) is 18.3. The fourth-order valence-electron chi connectivity index (χ4n) is 2.92. The van der Waals surface area contributed by atoms with Crippen LogP contribution in [0.3, 0.4) is 0 Å². The van der Waals surface area contributed by atoms with Crippen molar-refractivity contribution in [2.24, 2.45) is 0 Å². The first kappa shape index (κ1) is 15.4. The zero-order valence-electron chi connectivity index (χ0n) is 13.5. The van der Waals surface area contributed by atoms with Gasteiger partial charge < -0.3 is 15.1 Å². The Kier molecular flexibility index (Phi) is 4.81. The molecule has 1 N–H and O–H groups in total. The smallest absolute Gasteiger partial charge is 0.321 e. The van der Waals surface area contributed by atoms with E-state index in [0.717, 1.165) is 49.4 Å². The molecule has 2 amide bonds. The number of amides is 2. The summed E-state index contributed by atoms with van der Waals surface area (Å²) < 4.78 is 0. The van der Waals surface area contributed by atoms with Gasteiger partial charge in [0.1, 0.15) is 0 Å². The average Bonchev–Trinajstić information content (AvgIpc) is 3.12. The number of hydrogen-bond acceptors (Lipinski definition) is 2. The van der Waals surface area contributed by atoms with Gasteiger partial charge in [0.15, 0.2) is 0 Å². The predicted octanol–water partition coefficient (Wildman–Crippen LogP) is 3.95. The number of likely N-dealkylation sites (tertiary alicyclic amines) is 1. The molecule has 2 aromatic rings. The van der Waals surface area contributed by atoms with E-state index in [1.807, 2.05) is 41.3 Å². The lowest BCUT2D eigenvalue weighted by Gasteiger charge is -2.22. The van der Waals surface area contributed by atoms with Gasteiger partial charge in [-0.25, -0.2) is 4.79 Å². The van der Waals surface area contributed by atoms with Crippen molar-refractivity contribution >= 4 is 17.4 Å². The van der Waals surface area contributed by atoms with Crippen LogP contribution in [0.15, 0.2) is 54.6 Å². The molecule has 120 valence electrons. The van der Waals surface area contributed by atoms with Gasteiger partial charge in [-0.3, -0.25) is 0 Å². The number of nitrogens with one attached hydrogen (secondary N) is 1. The predicted molar refractivity (Wildman–Crippen MR) is 94.8 cm³/mol. The number of carbonyl (C=O) groups excluding carboxylic acids is 1. The fraction of sp³-hybridized carbons (Fsp3) is 0.316. The van der Waals surface area contributed by atoms with Crippen LogP contribution in [0.1, 0.15) is 18.4 Å². The molecule has 0 aliphatic carbocycles. The Morgan fingerprint density at radius 1 is 1.04 bits per heavy atom. The Bertz CT molecular complexity index is 651. The van der Waals surface area contributed by atoms with Crippen molar-refractivity contribution in [3.8, 4) is 0 Å². The van der Waals surface area contributed by atoms with Crippen LogP contribution in [0.4, 0.5) is 16.2 Å². The first-order valence-corrected chi connectivity index (χ1v) is 8.14. The molecule has 3 rings (SSSR count). The van der Waals surface area contributed by atoms with Crippen LogP contribution in [-0.4, -0.2) is 31.1 Å². The van der Waals surface area contributed by atoms with E-state index < -0.39 is 0 Å². The second kappa shape index (κ2) is 7.18. The van der Waals surface area contributed by atoms with Crippen molar-refractivity contribution in [3.63, 3.8) is 0 Å². The number of urea groups is 1. The summed E-state index contributed by atoms with van der Waals surface area (Å²) in [6.07, 6.45) is 2.21. The highest BCUT2D eigenvalue weighted by molar-refractivity contribution is 5.90. The van der Waals surface area contributed by atoms with Crippen molar-refractivity contribution in [3.05, 3.63) is 60.2 Å². The van der Waals surface area contributed by atoms with Crippen LogP contribution in [0.2, 0.25) is 0 Å². The minimum Gasteiger partial charge on any atom is -0.370 e. The second-order valence-electron chi connectivity index (χ2n) is 5.97. The lowest BCUT2D eigenvalue weighted by atomic mass is 10.1. The Hall–Kier alpha value is -2.49. The molecule has 4 heteroatoms. The lowest BCUT2D eigenvalue weighted by molar-refractivity contribution is 0.222. The summed E-state index contributed by atoms with van der Waals surface area (Å²) in [7, 11) is 2.06. The molecular weight excluding hydrogens is 286 g/mol. The van der Waals surface area contributed by atoms with Crippen molar-refractivity contribution in [1.29, 1.82) is 0 Å².